The molecule has 3 rings (SSSR count). The van der Waals surface area contributed by atoms with E-state index in [2.05, 4.69) is 10.3 Å². The molecule has 2 aromatic carbocycles. The lowest BCUT2D eigenvalue weighted by molar-refractivity contribution is -0.121. The van der Waals surface area contributed by atoms with Crippen LogP contribution in [0.2, 0.25) is 0 Å². The van der Waals surface area contributed by atoms with Gasteiger partial charge in [-0.05, 0) is 55.8 Å². The molecule has 1 N–H and O–H groups in total. The van der Waals surface area contributed by atoms with Crippen LogP contribution in [-0.2, 0) is 11.2 Å². The Kier molecular flexibility index (Phi) is 6.82. The Labute approximate surface area is 173 Å². The highest BCUT2D eigenvalue weighted by molar-refractivity contribution is 7.13. The van der Waals surface area contributed by atoms with Crippen molar-refractivity contribution < 1.29 is 18.7 Å². The molecule has 29 heavy (non-hydrogen) atoms. The van der Waals surface area contributed by atoms with E-state index in [4.69, 9.17) is 9.47 Å². The highest BCUT2D eigenvalue weighted by Gasteiger charge is 2.14. The van der Waals surface area contributed by atoms with Gasteiger partial charge in [-0.2, -0.15) is 0 Å². The quantitative estimate of drug-likeness (QED) is 0.576. The maximum Gasteiger partial charge on any atom is 0.226 e. The first-order chi connectivity index (χ1) is 14.0. The van der Waals surface area contributed by atoms with Crippen LogP contribution in [-0.4, -0.2) is 24.6 Å². The van der Waals surface area contributed by atoms with Crippen molar-refractivity contribution >= 4 is 17.2 Å². The number of hydrogen-bond acceptors (Lipinski definition) is 5. The number of aromatic nitrogens is 1. The molecule has 152 valence electrons. The zero-order valence-electron chi connectivity index (χ0n) is 16.6. The third-order valence-electron chi connectivity index (χ3n) is 4.36. The van der Waals surface area contributed by atoms with Gasteiger partial charge >= 0.3 is 0 Å². The molecule has 0 radical (unpaired) electrons. The van der Waals surface area contributed by atoms with Crippen LogP contribution in [0.3, 0.4) is 0 Å². The summed E-state index contributed by atoms with van der Waals surface area (Å²) in [7, 11) is 1.42. The Morgan fingerprint density at radius 3 is 2.66 bits per heavy atom. The van der Waals surface area contributed by atoms with Crippen molar-refractivity contribution in [2.75, 3.05) is 13.7 Å². The zero-order valence-corrected chi connectivity index (χ0v) is 17.4. The topological polar surface area (TPSA) is 60.5 Å². The predicted molar refractivity (Wildman–Crippen MR) is 112 cm³/mol. The largest absolute Gasteiger partial charge is 0.494 e. The summed E-state index contributed by atoms with van der Waals surface area (Å²) in [5.41, 5.74) is 2.35. The second-order valence-electron chi connectivity index (χ2n) is 6.46. The van der Waals surface area contributed by atoms with Crippen molar-refractivity contribution in [2.45, 2.75) is 26.3 Å². The van der Waals surface area contributed by atoms with Crippen LogP contribution >= 0.6 is 11.3 Å². The second-order valence-corrected chi connectivity index (χ2v) is 7.32. The summed E-state index contributed by atoms with van der Waals surface area (Å²) < 4.78 is 24.2. The molecular formula is C22H23FN2O3S. The average molecular weight is 415 g/mol. The van der Waals surface area contributed by atoms with Crippen LogP contribution in [0.4, 0.5) is 4.39 Å². The maximum absolute atomic E-state index is 13.9. The summed E-state index contributed by atoms with van der Waals surface area (Å²) in [5, 5.41) is 5.61. The molecule has 0 bridgehead atoms. The second kappa shape index (κ2) is 9.52. The predicted octanol–water partition coefficient (Wildman–Crippen LogP) is 4.78. The van der Waals surface area contributed by atoms with Gasteiger partial charge in [0, 0.05) is 10.9 Å². The molecule has 5 nitrogen and oxygen atoms in total. The maximum atomic E-state index is 13.9. The Morgan fingerprint density at radius 1 is 1.24 bits per heavy atom. The lowest BCUT2D eigenvalue weighted by Gasteiger charge is -2.15. The number of carbonyl (C=O) groups excluding carboxylic acids is 1. The van der Waals surface area contributed by atoms with Gasteiger partial charge in [0.05, 0.1) is 31.9 Å². The molecule has 0 spiro atoms. The smallest absolute Gasteiger partial charge is 0.226 e. The molecule has 0 saturated heterocycles. The van der Waals surface area contributed by atoms with Gasteiger partial charge in [0.25, 0.3) is 0 Å². The lowest BCUT2D eigenvalue weighted by Crippen LogP contribution is -2.28. The average Bonchev–Trinajstić information content (AvgIpc) is 3.17. The Hall–Kier alpha value is -2.93. The van der Waals surface area contributed by atoms with Gasteiger partial charge in [0.15, 0.2) is 11.6 Å². The Balaban J connectivity index is 1.60. The standard InChI is InChI=1S/C22H23FN2O3S/c1-4-28-18-8-5-15(6-9-18)22-25-17(13-29-22)12-21(26)24-14(2)16-7-10-20(27-3)19(23)11-16/h5-11,13-14H,4,12H2,1-3H3,(H,24,26). The molecule has 1 aromatic heterocycles. The van der Waals surface area contributed by atoms with Crippen LogP contribution in [0.15, 0.2) is 47.8 Å². The van der Waals surface area contributed by atoms with E-state index in [1.165, 1.54) is 24.5 Å². The number of nitrogens with zero attached hydrogens (tertiary/aromatic N) is 1. The number of methoxy groups -OCH3 is 1. The Bertz CT molecular complexity index is 972. The first-order valence-electron chi connectivity index (χ1n) is 9.30. The Morgan fingerprint density at radius 2 is 2.00 bits per heavy atom. The van der Waals surface area contributed by atoms with Gasteiger partial charge in [0.2, 0.25) is 5.91 Å². The van der Waals surface area contributed by atoms with Crippen molar-refractivity contribution in [1.29, 1.82) is 0 Å². The summed E-state index contributed by atoms with van der Waals surface area (Å²) in [5.74, 6) is 0.371. The van der Waals surface area contributed by atoms with Crippen molar-refractivity contribution in [3.05, 3.63) is 64.9 Å². The molecule has 1 heterocycles. The fourth-order valence-corrected chi connectivity index (χ4v) is 3.70. The summed E-state index contributed by atoms with van der Waals surface area (Å²) >= 11 is 1.49. The SMILES string of the molecule is CCOc1ccc(-c2nc(CC(=O)NC(C)c3ccc(OC)c(F)c3)cs2)cc1. The minimum atomic E-state index is -0.453. The molecule has 7 heteroatoms. The monoisotopic (exact) mass is 414 g/mol. The number of carbonyl (C=O) groups is 1. The number of benzene rings is 2. The zero-order chi connectivity index (χ0) is 20.8. The molecule has 1 atom stereocenters. The third kappa shape index (κ3) is 5.32. The van der Waals surface area contributed by atoms with Crippen LogP contribution in [0.1, 0.15) is 31.1 Å². The van der Waals surface area contributed by atoms with Gasteiger partial charge in [0.1, 0.15) is 10.8 Å². The van der Waals surface area contributed by atoms with Crippen molar-refractivity contribution in [3.8, 4) is 22.1 Å². The van der Waals surface area contributed by atoms with E-state index in [1.807, 2.05) is 43.5 Å². The fourth-order valence-electron chi connectivity index (χ4n) is 2.87. The van der Waals surface area contributed by atoms with Crippen molar-refractivity contribution in [3.63, 3.8) is 0 Å². The summed E-state index contributed by atoms with van der Waals surface area (Å²) in [6.07, 6.45) is 0.163. The van der Waals surface area contributed by atoms with Crippen LogP contribution in [0.25, 0.3) is 10.6 Å². The highest BCUT2D eigenvalue weighted by Crippen LogP contribution is 2.26. The molecule has 0 aliphatic carbocycles. The van der Waals surface area contributed by atoms with Gasteiger partial charge in [-0.25, -0.2) is 9.37 Å². The van der Waals surface area contributed by atoms with Crippen LogP contribution in [0.5, 0.6) is 11.5 Å². The highest BCUT2D eigenvalue weighted by atomic mass is 32.1. The number of rotatable bonds is 8. The van der Waals surface area contributed by atoms with E-state index in [9.17, 15) is 9.18 Å². The molecule has 0 fully saturated rings. The summed E-state index contributed by atoms with van der Waals surface area (Å²) in [6.45, 7) is 4.38. The van der Waals surface area contributed by atoms with E-state index >= 15 is 0 Å². The van der Waals surface area contributed by atoms with E-state index < -0.39 is 5.82 Å². The number of nitrogens with one attached hydrogen (secondary N) is 1. The molecule has 1 amide bonds. The van der Waals surface area contributed by atoms with Gasteiger partial charge in [-0.3, -0.25) is 4.79 Å². The molecule has 1 unspecified atom stereocenters. The van der Waals surface area contributed by atoms with Gasteiger partial charge in [-0.1, -0.05) is 6.07 Å². The molecule has 0 aliphatic rings. The number of halogens is 1. The number of ether oxygens (including phenoxy) is 2. The van der Waals surface area contributed by atoms with E-state index in [0.29, 0.717) is 17.9 Å². The van der Waals surface area contributed by atoms with E-state index in [1.54, 1.807) is 12.1 Å². The number of amides is 1. The van der Waals surface area contributed by atoms with E-state index in [0.717, 1.165) is 16.3 Å². The molecule has 0 aliphatic heterocycles. The molecule has 3 aromatic rings. The number of hydrogen-bond donors (Lipinski definition) is 1. The molecule has 0 saturated carbocycles. The van der Waals surface area contributed by atoms with Gasteiger partial charge in [-0.15, -0.1) is 11.3 Å². The summed E-state index contributed by atoms with van der Waals surface area (Å²) in [6, 6.07) is 12.0. The van der Waals surface area contributed by atoms with Gasteiger partial charge < -0.3 is 14.8 Å². The van der Waals surface area contributed by atoms with Crippen molar-refractivity contribution in [2.24, 2.45) is 0 Å². The van der Waals surface area contributed by atoms with Crippen LogP contribution in [0, 0.1) is 5.82 Å². The molecular weight excluding hydrogens is 391 g/mol. The lowest BCUT2D eigenvalue weighted by atomic mass is 10.1. The summed E-state index contributed by atoms with van der Waals surface area (Å²) in [4.78, 5) is 16.9. The normalized spacial score (nSPS) is 11.7. The number of thiazole rings is 1. The first kappa shape index (κ1) is 20.8. The third-order valence-corrected chi connectivity index (χ3v) is 5.30. The van der Waals surface area contributed by atoms with Crippen LogP contribution < -0.4 is 14.8 Å². The fraction of sp³-hybridized carbons (Fsp3) is 0.273. The minimum Gasteiger partial charge on any atom is -0.494 e. The minimum absolute atomic E-state index is 0.163. The van der Waals surface area contributed by atoms with E-state index in [-0.39, 0.29) is 24.1 Å². The first-order valence-corrected chi connectivity index (χ1v) is 10.2. The van der Waals surface area contributed by atoms with Crippen molar-refractivity contribution in [1.82, 2.24) is 10.3 Å².